The number of methoxy groups -OCH3 is 3. The molecule has 4 aromatic rings. The maximum atomic E-state index is 11.7. The van der Waals surface area contributed by atoms with Crippen molar-refractivity contribution in [3.63, 3.8) is 0 Å². The predicted octanol–water partition coefficient (Wildman–Crippen LogP) is 5.54. The molecule has 1 aromatic heterocycles. The third kappa shape index (κ3) is 6.06. The summed E-state index contributed by atoms with van der Waals surface area (Å²) < 4.78 is 17.6. The third-order valence-corrected chi connectivity index (χ3v) is 7.74. The van der Waals surface area contributed by atoms with Crippen LogP contribution in [0.1, 0.15) is 16.7 Å². The van der Waals surface area contributed by atoms with Gasteiger partial charge in [0.2, 0.25) is 12.0 Å². The number of nitrogens with one attached hydrogen (secondary N) is 1. The molecule has 207 valence electrons. The van der Waals surface area contributed by atoms with Crippen molar-refractivity contribution in [2.24, 2.45) is 0 Å². The smallest absolute Gasteiger partial charge is 0.237 e. The Kier molecular flexibility index (Phi) is 8.84. The summed E-state index contributed by atoms with van der Waals surface area (Å²) in [6.07, 6.45) is 3.61. The zero-order valence-corrected chi connectivity index (χ0v) is 24.5. The molecule has 9 heteroatoms. The molecule has 3 aromatic carbocycles. The number of fused-ring (bicyclic) bond motifs is 1. The molecule has 8 nitrogen and oxygen atoms in total. The number of aromatic nitrogens is 1. The van der Waals surface area contributed by atoms with Gasteiger partial charge in [-0.2, -0.15) is 0 Å². The molecular formula is C31H32BrN4O4. The van der Waals surface area contributed by atoms with Crippen molar-refractivity contribution < 1.29 is 19.0 Å². The van der Waals surface area contributed by atoms with Crippen LogP contribution in [-0.2, 0) is 17.9 Å². The zero-order valence-electron chi connectivity index (χ0n) is 22.9. The van der Waals surface area contributed by atoms with Crippen molar-refractivity contribution in [3.8, 4) is 17.2 Å². The van der Waals surface area contributed by atoms with Crippen LogP contribution in [0.5, 0.6) is 17.2 Å². The van der Waals surface area contributed by atoms with Gasteiger partial charge >= 0.3 is 0 Å². The second-order valence-electron chi connectivity index (χ2n) is 9.68. The summed E-state index contributed by atoms with van der Waals surface area (Å²) in [5.74, 6) is 2.00. The highest BCUT2D eigenvalue weighted by Gasteiger charge is 2.22. The van der Waals surface area contributed by atoms with Crippen molar-refractivity contribution >= 4 is 44.5 Å². The van der Waals surface area contributed by atoms with Gasteiger partial charge in [0.15, 0.2) is 11.5 Å². The lowest BCUT2D eigenvalue weighted by molar-refractivity contribution is 0.121. The Labute approximate surface area is 243 Å². The SMILES string of the molecule is COc1ccc(CN2CCN(Cc3ccc4ncc([C]=O)c(Nc5ccc(Br)cc5)c4c3)CC2)c(OC)c1OC. The van der Waals surface area contributed by atoms with Crippen molar-refractivity contribution in [1.29, 1.82) is 0 Å². The summed E-state index contributed by atoms with van der Waals surface area (Å²) in [4.78, 5) is 21.1. The number of carbonyl (C=O) groups excluding carboxylic acids is 1. The number of halogens is 1. The van der Waals surface area contributed by atoms with Gasteiger partial charge in [-0.05, 0) is 48.0 Å². The standard InChI is InChI=1S/C31H32BrN4O4/c1-38-28-11-5-22(30(39-2)31(28)40-3)19-36-14-12-35(13-15-36)18-21-4-10-27-26(16-21)29(23(20-37)17-33-27)34-25-8-6-24(32)7-9-25/h4-11,16-17H,12-15,18-19H2,1-3H3,(H,33,34). The molecule has 1 aliphatic heterocycles. The molecule has 0 saturated carbocycles. The van der Waals surface area contributed by atoms with Gasteiger partial charge in [-0.3, -0.25) is 19.6 Å². The van der Waals surface area contributed by atoms with E-state index in [1.54, 1.807) is 27.5 Å². The summed E-state index contributed by atoms with van der Waals surface area (Å²) in [6.45, 7) is 5.35. The molecule has 0 amide bonds. The van der Waals surface area contributed by atoms with Crippen LogP contribution in [0.25, 0.3) is 10.9 Å². The maximum absolute atomic E-state index is 11.7. The summed E-state index contributed by atoms with van der Waals surface area (Å²) >= 11 is 3.47. The zero-order chi connectivity index (χ0) is 28.1. The summed E-state index contributed by atoms with van der Waals surface area (Å²) in [5.41, 5.74) is 5.09. The lowest BCUT2D eigenvalue weighted by Gasteiger charge is -2.35. The number of benzene rings is 3. The van der Waals surface area contributed by atoms with Gasteiger partial charge < -0.3 is 19.5 Å². The Morgan fingerprint density at radius 3 is 2.23 bits per heavy atom. The van der Waals surface area contributed by atoms with Crippen LogP contribution < -0.4 is 19.5 Å². The first kappa shape index (κ1) is 27.9. The van der Waals surface area contributed by atoms with Crippen molar-refractivity contribution in [3.05, 3.63) is 82.0 Å². The molecule has 1 saturated heterocycles. The van der Waals surface area contributed by atoms with Gasteiger partial charge in [0.1, 0.15) is 0 Å². The largest absolute Gasteiger partial charge is 0.493 e. The Hall–Kier alpha value is -3.66. The summed E-state index contributed by atoms with van der Waals surface area (Å²) in [7, 11) is 4.92. The second-order valence-corrected chi connectivity index (χ2v) is 10.6. The minimum absolute atomic E-state index is 0.409. The number of piperazine rings is 1. The first-order valence-electron chi connectivity index (χ1n) is 13.1. The predicted molar refractivity (Wildman–Crippen MR) is 161 cm³/mol. The molecule has 1 fully saturated rings. The molecule has 0 atom stereocenters. The molecule has 0 bridgehead atoms. The topological polar surface area (TPSA) is 76.2 Å². The highest BCUT2D eigenvalue weighted by atomic mass is 79.9. The van der Waals surface area contributed by atoms with Crippen LogP contribution >= 0.6 is 15.9 Å². The van der Waals surface area contributed by atoms with Gasteiger partial charge in [0, 0.05) is 66.6 Å². The number of rotatable bonds is 10. The number of hydrogen-bond donors (Lipinski definition) is 1. The minimum atomic E-state index is 0.409. The van der Waals surface area contributed by atoms with E-state index in [-0.39, 0.29) is 0 Å². The average molecular weight is 605 g/mol. The molecule has 1 radical (unpaired) electrons. The summed E-state index contributed by atoms with van der Waals surface area (Å²) in [5, 5.41) is 4.31. The molecule has 1 aliphatic rings. The minimum Gasteiger partial charge on any atom is -0.493 e. The number of hydrogen-bond acceptors (Lipinski definition) is 8. The van der Waals surface area contributed by atoms with Gasteiger partial charge in [0.25, 0.3) is 0 Å². The lowest BCUT2D eigenvalue weighted by Crippen LogP contribution is -2.45. The van der Waals surface area contributed by atoms with Gasteiger partial charge in [-0.1, -0.05) is 28.1 Å². The van der Waals surface area contributed by atoms with E-state index < -0.39 is 0 Å². The molecule has 0 spiro atoms. The van der Waals surface area contributed by atoms with E-state index in [4.69, 9.17) is 14.2 Å². The maximum Gasteiger partial charge on any atom is 0.237 e. The highest BCUT2D eigenvalue weighted by molar-refractivity contribution is 9.10. The van der Waals surface area contributed by atoms with E-state index >= 15 is 0 Å². The molecule has 1 N–H and O–H groups in total. The Morgan fingerprint density at radius 1 is 0.875 bits per heavy atom. The molecule has 40 heavy (non-hydrogen) atoms. The van der Waals surface area contributed by atoms with Gasteiger partial charge in [-0.15, -0.1) is 0 Å². The molecule has 5 rings (SSSR count). The van der Waals surface area contributed by atoms with E-state index in [0.29, 0.717) is 22.8 Å². The van der Waals surface area contributed by atoms with E-state index in [1.165, 1.54) is 5.56 Å². The highest BCUT2D eigenvalue weighted by Crippen LogP contribution is 2.40. The van der Waals surface area contributed by atoms with Crippen LogP contribution in [0, 0.1) is 0 Å². The fourth-order valence-electron chi connectivity index (χ4n) is 5.12. The van der Waals surface area contributed by atoms with Crippen LogP contribution in [0.2, 0.25) is 0 Å². The Bertz CT molecular complexity index is 1490. The quantitative estimate of drug-likeness (QED) is 0.253. The fraction of sp³-hybridized carbons (Fsp3) is 0.290. The van der Waals surface area contributed by atoms with Crippen LogP contribution in [0.3, 0.4) is 0 Å². The average Bonchev–Trinajstić information content (AvgIpc) is 2.99. The van der Waals surface area contributed by atoms with Crippen molar-refractivity contribution in [1.82, 2.24) is 14.8 Å². The molecule has 0 unspecified atom stereocenters. The summed E-state index contributed by atoms with van der Waals surface area (Å²) in [6, 6.07) is 18.1. The third-order valence-electron chi connectivity index (χ3n) is 7.21. The van der Waals surface area contributed by atoms with E-state index in [9.17, 15) is 4.79 Å². The normalized spacial score (nSPS) is 14.2. The number of pyridine rings is 1. The Morgan fingerprint density at radius 2 is 1.57 bits per heavy atom. The molecule has 0 aliphatic carbocycles. The molecular weight excluding hydrogens is 572 g/mol. The monoisotopic (exact) mass is 603 g/mol. The van der Waals surface area contributed by atoms with Crippen LogP contribution in [0.4, 0.5) is 11.4 Å². The van der Waals surface area contributed by atoms with E-state index in [0.717, 1.165) is 71.6 Å². The van der Waals surface area contributed by atoms with E-state index in [2.05, 4.69) is 48.2 Å². The number of nitrogens with zero attached hydrogens (tertiary/aromatic N) is 3. The number of ether oxygens (including phenoxy) is 3. The lowest BCUT2D eigenvalue weighted by atomic mass is 10.1. The van der Waals surface area contributed by atoms with Crippen LogP contribution in [-0.4, -0.2) is 68.6 Å². The van der Waals surface area contributed by atoms with Crippen molar-refractivity contribution in [2.45, 2.75) is 13.1 Å². The van der Waals surface area contributed by atoms with Crippen molar-refractivity contribution in [2.75, 3.05) is 52.8 Å². The van der Waals surface area contributed by atoms with Crippen LogP contribution in [0.15, 0.2) is 65.3 Å². The van der Waals surface area contributed by atoms with E-state index in [1.807, 2.05) is 48.8 Å². The molecule has 2 heterocycles. The first-order valence-corrected chi connectivity index (χ1v) is 13.9. The second kappa shape index (κ2) is 12.7. The van der Waals surface area contributed by atoms with Gasteiger partial charge in [-0.25, -0.2) is 0 Å². The fourth-order valence-corrected chi connectivity index (χ4v) is 5.38. The Balaban J connectivity index is 1.28. The van der Waals surface area contributed by atoms with Gasteiger partial charge in [0.05, 0.1) is 38.1 Å². The first-order chi connectivity index (χ1) is 19.5. The number of anilines is 2.